The Labute approximate surface area is 120 Å². The van der Waals surface area contributed by atoms with Crippen LogP contribution in [0.25, 0.3) is 0 Å². The first-order valence-electron chi connectivity index (χ1n) is 6.56. The SMILES string of the molecule is CCNCc1occc1COc1cccc(C(F)(F)F)c1. The average Bonchev–Trinajstić information content (AvgIpc) is 2.90. The Hall–Kier alpha value is -1.95. The van der Waals surface area contributed by atoms with Crippen molar-refractivity contribution >= 4 is 0 Å². The molecule has 0 saturated heterocycles. The molecule has 0 amide bonds. The Morgan fingerprint density at radius 1 is 1.24 bits per heavy atom. The van der Waals surface area contributed by atoms with Crippen molar-refractivity contribution in [3.05, 3.63) is 53.5 Å². The van der Waals surface area contributed by atoms with Gasteiger partial charge in [-0.3, -0.25) is 0 Å². The fourth-order valence-corrected chi connectivity index (χ4v) is 1.81. The van der Waals surface area contributed by atoms with E-state index in [1.165, 1.54) is 18.4 Å². The third kappa shape index (κ3) is 4.26. The number of hydrogen-bond acceptors (Lipinski definition) is 3. The molecule has 0 aliphatic heterocycles. The minimum absolute atomic E-state index is 0.165. The number of ether oxygens (including phenoxy) is 1. The van der Waals surface area contributed by atoms with E-state index in [1.54, 1.807) is 6.07 Å². The van der Waals surface area contributed by atoms with Crippen molar-refractivity contribution < 1.29 is 22.3 Å². The summed E-state index contributed by atoms with van der Waals surface area (Å²) in [7, 11) is 0. The van der Waals surface area contributed by atoms with Crippen LogP contribution in [-0.2, 0) is 19.3 Å². The Kier molecular flexibility index (Phi) is 4.90. The zero-order valence-corrected chi connectivity index (χ0v) is 11.5. The van der Waals surface area contributed by atoms with Gasteiger partial charge in [-0.1, -0.05) is 13.0 Å². The first kappa shape index (κ1) is 15.4. The summed E-state index contributed by atoms with van der Waals surface area (Å²) in [5.74, 6) is 0.907. The second kappa shape index (κ2) is 6.67. The molecule has 0 bridgehead atoms. The largest absolute Gasteiger partial charge is 0.489 e. The highest BCUT2D eigenvalue weighted by Crippen LogP contribution is 2.31. The van der Waals surface area contributed by atoms with Crippen molar-refractivity contribution in [1.82, 2.24) is 5.32 Å². The summed E-state index contributed by atoms with van der Waals surface area (Å²) in [4.78, 5) is 0. The molecule has 1 aromatic heterocycles. The van der Waals surface area contributed by atoms with Crippen LogP contribution in [0, 0.1) is 0 Å². The van der Waals surface area contributed by atoms with Gasteiger partial charge in [0.05, 0.1) is 18.4 Å². The van der Waals surface area contributed by atoms with E-state index in [0.717, 1.165) is 30.0 Å². The molecule has 0 radical (unpaired) electrons. The summed E-state index contributed by atoms with van der Waals surface area (Å²) in [6.07, 6.45) is -2.83. The average molecular weight is 299 g/mol. The maximum Gasteiger partial charge on any atom is 0.416 e. The molecular weight excluding hydrogens is 283 g/mol. The summed E-state index contributed by atoms with van der Waals surface area (Å²) in [6, 6.07) is 6.58. The van der Waals surface area contributed by atoms with Gasteiger partial charge in [-0.2, -0.15) is 13.2 Å². The lowest BCUT2D eigenvalue weighted by atomic mass is 10.2. The molecule has 2 rings (SSSR count). The Morgan fingerprint density at radius 2 is 2.05 bits per heavy atom. The number of hydrogen-bond donors (Lipinski definition) is 1. The highest BCUT2D eigenvalue weighted by atomic mass is 19.4. The fraction of sp³-hybridized carbons (Fsp3) is 0.333. The summed E-state index contributed by atoms with van der Waals surface area (Å²) in [6.45, 7) is 3.50. The molecule has 1 heterocycles. The molecule has 0 spiro atoms. The predicted octanol–water partition coefficient (Wildman–Crippen LogP) is 3.99. The van der Waals surface area contributed by atoms with Gasteiger partial charge in [-0.05, 0) is 30.8 Å². The third-order valence-electron chi connectivity index (χ3n) is 2.93. The van der Waals surface area contributed by atoms with Crippen molar-refractivity contribution in [3.8, 4) is 5.75 Å². The van der Waals surface area contributed by atoms with Crippen LogP contribution in [-0.4, -0.2) is 6.54 Å². The molecule has 1 N–H and O–H groups in total. The van der Waals surface area contributed by atoms with E-state index in [9.17, 15) is 13.2 Å². The van der Waals surface area contributed by atoms with E-state index in [-0.39, 0.29) is 12.4 Å². The van der Waals surface area contributed by atoms with Gasteiger partial charge in [-0.15, -0.1) is 0 Å². The molecule has 0 aliphatic carbocycles. The lowest BCUT2D eigenvalue weighted by Gasteiger charge is -2.10. The molecule has 1 aromatic carbocycles. The van der Waals surface area contributed by atoms with Gasteiger partial charge in [0, 0.05) is 5.56 Å². The quantitative estimate of drug-likeness (QED) is 0.876. The topological polar surface area (TPSA) is 34.4 Å². The van der Waals surface area contributed by atoms with Crippen LogP contribution in [0.3, 0.4) is 0 Å². The smallest absolute Gasteiger partial charge is 0.416 e. The van der Waals surface area contributed by atoms with Crippen molar-refractivity contribution in [2.24, 2.45) is 0 Å². The normalized spacial score (nSPS) is 11.6. The summed E-state index contributed by atoms with van der Waals surface area (Å²) < 4.78 is 48.5. The minimum Gasteiger partial charge on any atom is -0.489 e. The maximum atomic E-state index is 12.6. The Bertz CT molecular complexity index is 578. The third-order valence-corrected chi connectivity index (χ3v) is 2.93. The van der Waals surface area contributed by atoms with Crippen LogP contribution >= 0.6 is 0 Å². The summed E-state index contributed by atoms with van der Waals surface area (Å²) in [5.41, 5.74) is 0.0911. The summed E-state index contributed by atoms with van der Waals surface area (Å²) in [5, 5.41) is 3.12. The molecular formula is C15H16F3NO2. The molecule has 2 aromatic rings. The highest BCUT2D eigenvalue weighted by Gasteiger charge is 2.30. The molecule has 0 aliphatic rings. The van der Waals surface area contributed by atoms with Gasteiger partial charge in [0.15, 0.2) is 0 Å². The first-order chi connectivity index (χ1) is 10.0. The van der Waals surface area contributed by atoms with Crippen molar-refractivity contribution in [2.75, 3.05) is 6.54 Å². The number of alkyl halides is 3. The van der Waals surface area contributed by atoms with Crippen LogP contribution in [0.5, 0.6) is 5.75 Å². The molecule has 0 unspecified atom stereocenters. The van der Waals surface area contributed by atoms with Crippen LogP contribution in [0.4, 0.5) is 13.2 Å². The van der Waals surface area contributed by atoms with Crippen molar-refractivity contribution in [2.45, 2.75) is 26.3 Å². The van der Waals surface area contributed by atoms with Crippen LogP contribution in [0.1, 0.15) is 23.8 Å². The van der Waals surface area contributed by atoms with Crippen molar-refractivity contribution in [3.63, 3.8) is 0 Å². The number of benzene rings is 1. The van der Waals surface area contributed by atoms with Gasteiger partial charge in [-0.25, -0.2) is 0 Å². The Morgan fingerprint density at radius 3 is 2.76 bits per heavy atom. The van der Waals surface area contributed by atoms with E-state index < -0.39 is 11.7 Å². The minimum atomic E-state index is -4.37. The van der Waals surface area contributed by atoms with Gasteiger partial charge >= 0.3 is 6.18 Å². The zero-order chi connectivity index (χ0) is 15.3. The standard InChI is InChI=1S/C15H16F3NO2/c1-2-19-9-14-11(6-7-20-14)10-21-13-5-3-4-12(8-13)15(16,17)18/h3-8,19H,2,9-10H2,1H3. The lowest BCUT2D eigenvalue weighted by molar-refractivity contribution is -0.137. The van der Waals surface area contributed by atoms with Gasteiger partial charge < -0.3 is 14.5 Å². The molecule has 21 heavy (non-hydrogen) atoms. The number of furan rings is 1. The molecule has 6 heteroatoms. The van der Waals surface area contributed by atoms with Gasteiger partial charge in [0.2, 0.25) is 0 Å². The molecule has 0 atom stereocenters. The van der Waals surface area contributed by atoms with Gasteiger partial charge in [0.1, 0.15) is 18.1 Å². The van der Waals surface area contributed by atoms with E-state index >= 15 is 0 Å². The predicted molar refractivity (Wildman–Crippen MR) is 71.9 cm³/mol. The second-order valence-electron chi connectivity index (χ2n) is 4.46. The Balaban J connectivity index is 2.02. The monoisotopic (exact) mass is 299 g/mol. The number of rotatable bonds is 6. The van der Waals surface area contributed by atoms with Gasteiger partial charge in [0.25, 0.3) is 0 Å². The van der Waals surface area contributed by atoms with E-state index in [0.29, 0.717) is 6.54 Å². The molecule has 3 nitrogen and oxygen atoms in total. The zero-order valence-electron chi connectivity index (χ0n) is 11.5. The fourth-order valence-electron chi connectivity index (χ4n) is 1.81. The number of nitrogens with one attached hydrogen (secondary N) is 1. The maximum absolute atomic E-state index is 12.6. The summed E-state index contributed by atoms with van der Waals surface area (Å²) >= 11 is 0. The van der Waals surface area contributed by atoms with E-state index in [4.69, 9.17) is 9.15 Å². The number of halogens is 3. The first-order valence-corrected chi connectivity index (χ1v) is 6.56. The van der Waals surface area contributed by atoms with Crippen LogP contribution in [0.15, 0.2) is 41.0 Å². The van der Waals surface area contributed by atoms with E-state index in [1.807, 2.05) is 6.92 Å². The van der Waals surface area contributed by atoms with Crippen molar-refractivity contribution in [1.29, 1.82) is 0 Å². The van der Waals surface area contributed by atoms with E-state index in [2.05, 4.69) is 5.32 Å². The second-order valence-corrected chi connectivity index (χ2v) is 4.46. The van der Waals surface area contributed by atoms with Crippen LogP contribution in [0.2, 0.25) is 0 Å². The molecule has 0 fully saturated rings. The lowest BCUT2D eigenvalue weighted by Crippen LogP contribution is -2.12. The van der Waals surface area contributed by atoms with Crippen LogP contribution < -0.4 is 10.1 Å². The molecule has 0 saturated carbocycles. The molecule has 114 valence electrons. The highest BCUT2D eigenvalue weighted by molar-refractivity contribution is 5.30.